The Labute approximate surface area is 117 Å². The van der Waals surface area contributed by atoms with Crippen LogP contribution in [0.4, 0.5) is 0 Å². The Morgan fingerprint density at radius 2 is 2.00 bits per heavy atom. The molecule has 2 rings (SSSR count). The number of carboxylic acids is 1. The summed E-state index contributed by atoms with van der Waals surface area (Å²) in [5.41, 5.74) is -0.690. The second-order valence-electron chi connectivity index (χ2n) is 4.92. The van der Waals surface area contributed by atoms with E-state index in [9.17, 15) is 18.3 Å². The quantitative estimate of drug-likeness (QED) is 0.862. The Kier molecular flexibility index (Phi) is 4.12. The van der Waals surface area contributed by atoms with Crippen LogP contribution in [0.3, 0.4) is 0 Å². The summed E-state index contributed by atoms with van der Waals surface area (Å²) < 4.78 is 32.2. The molecule has 20 heavy (non-hydrogen) atoms. The van der Waals surface area contributed by atoms with Gasteiger partial charge in [0.1, 0.15) is 5.54 Å². The van der Waals surface area contributed by atoms with E-state index < -0.39 is 21.5 Å². The molecule has 1 aromatic rings. The summed E-state index contributed by atoms with van der Waals surface area (Å²) in [4.78, 5) is 11.5. The molecule has 0 saturated carbocycles. The van der Waals surface area contributed by atoms with E-state index in [1.54, 1.807) is 19.1 Å². The Morgan fingerprint density at radius 3 is 2.55 bits per heavy atom. The molecule has 1 aromatic carbocycles. The Hall–Kier alpha value is -1.44. The van der Waals surface area contributed by atoms with Gasteiger partial charge in [-0.1, -0.05) is 12.1 Å². The lowest BCUT2D eigenvalue weighted by molar-refractivity contribution is -0.147. The smallest absolute Gasteiger partial charge is 0.325 e. The van der Waals surface area contributed by atoms with Crippen molar-refractivity contribution in [2.24, 2.45) is 0 Å². The summed E-state index contributed by atoms with van der Waals surface area (Å²) in [6.45, 7) is 2.23. The summed E-state index contributed by atoms with van der Waals surface area (Å²) in [5, 5.41) is 9.37. The fraction of sp³-hybridized carbons (Fsp3) is 0.462. The fourth-order valence-electron chi connectivity index (χ4n) is 2.18. The molecule has 0 unspecified atom stereocenters. The van der Waals surface area contributed by atoms with Crippen LogP contribution in [0, 0.1) is 6.92 Å². The number of ether oxygens (including phenoxy) is 1. The maximum Gasteiger partial charge on any atom is 0.325 e. The number of aryl methyl sites for hydroxylation is 1. The zero-order valence-corrected chi connectivity index (χ0v) is 11.9. The average molecular weight is 299 g/mol. The molecule has 1 aliphatic rings. The van der Waals surface area contributed by atoms with Crippen molar-refractivity contribution in [2.75, 3.05) is 13.2 Å². The number of carbonyl (C=O) groups is 1. The zero-order valence-electron chi connectivity index (χ0n) is 11.1. The molecule has 0 atom stereocenters. The minimum absolute atomic E-state index is 0.0737. The predicted octanol–water partition coefficient (Wildman–Crippen LogP) is 0.907. The number of hydrogen-bond acceptors (Lipinski definition) is 4. The van der Waals surface area contributed by atoms with Crippen molar-refractivity contribution in [3.63, 3.8) is 0 Å². The van der Waals surface area contributed by atoms with E-state index in [4.69, 9.17) is 4.74 Å². The summed E-state index contributed by atoms with van der Waals surface area (Å²) in [7, 11) is -3.87. The Morgan fingerprint density at radius 1 is 1.35 bits per heavy atom. The van der Waals surface area contributed by atoms with Crippen LogP contribution in [0.15, 0.2) is 29.2 Å². The Balaban J connectivity index is 2.32. The molecule has 0 amide bonds. The first-order chi connectivity index (χ1) is 9.36. The normalized spacial score (nSPS) is 18.6. The zero-order chi connectivity index (χ0) is 14.8. The number of hydrogen-bond donors (Lipinski definition) is 2. The molecule has 7 heteroatoms. The monoisotopic (exact) mass is 299 g/mol. The molecule has 0 aliphatic carbocycles. The molecular weight excluding hydrogens is 282 g/mol. The first kappa shape index (κ1) is 15.0. The van der Waals surface area contributed by atoms with Crippen molar-refractivity contribution in [1.29, 1.82) is 0 Å². The molecule has 110 valence electrons. The molecule has 0 radical (unpaired) electrons. The molecule has 1 aliphatic heterocycles. The van der Waals surface area contributed by atoms with Gasteiger partial charge in [0.2, 0.25) is 10.0 Å². The lowest BCUT2D eigenvalue weighted by atomic mass is 9.92. The third-order valence-corrected chi connectivity index (χ3v) is 4.92. The largest absolute Gasteiger partial charge is 0.480 e. The van der Waals surface area contributed by atoms with Gasteiger partial charge in [0.25, 0.3) is 0 Å². The topological polar surface area (TPSA) is 92.7 Å². The lowest BCUT2D eigenvalue weighted by Gasteiger charge is -2.33. The van der Waals surface area contributed by atoms with Crippen LogP contribution in [-0.2, 0) is 19.6 Å². The number of sulfonamides is 1. The van der Waals surface area contributed by atoms with Crippen molar-refractivity contribution in [2.45, 2.75) is 30.2 Å². The van der Waals surface area contributed by atoms with Crippen LogP contribution in [0.2, 0.25) is 0 Å². The van der Waals surface area contributed by atoms with Gasteiger partial charge >= 0.3 is 5.97 Å². The van der Waals surface area contributed by atoms with E-state index in [2.05, 4.69) is 4.72 Å². The first-order valence-corrected chi connectivity index (χ1v) is 7.76. The predicted molar refractivity (Wildman–Crippen MR) is 71.9 cm³/mol. The SMILES string of the molecule is Cc1cccc(S(=O)(=O)NC2(C(=O)O)CCOCC2)c1. The number of carboxylic acid groups (broad SMARTS) is 1. The molecular formula is C13H17NO5S. The van der Waals surface area contributed by atoms with E-state index in [0.717, 1.165) is 5.56 Å². The third-order valence-electron chi connectivity index (χ3n) is 3.39. The molecule has 0 spiro atoms. The van der Waals surface area contributed by atoms with E-state index >= 15 is 0 Å². The maximum absolute atomic E-state index is 12.3. The number of rotatable bonds is 4. The van der Waals surface area contributed by atoms with Crippen LogP contribution in [0.1, 0.15) is 18.4 Å². The Bertz CT molecular complexity index is 605. The van der Waals surface area contributed by atoms with Crippen LogP contribution < -0.4 is 4.72 Å². The molecule has 1 heterocycles. The van der Waals surface area contributed by atoms with Crippen LogP contribution in [-0.4, -0.2) is 38.2 Å². The molecule has 2 N–H and O–H groups in total. The first-order valence-electron chi connectivity index (χ1n) is 6.28. The van der Waals surface area contributed by atoms with Gasteiger partial charge in [0, 0.05) is 26.1 Å². The van der Waals surface area contributed by atoms with Gasteiger partial charge in [0.15, 0.2) is 0 Å². The standard InChI is InChI=1S/C13H17NO5S/c1-10-3-2-4-11(9-10)20(17,18)14-13(12(15)16)5-7-19-8-6-13/h2-4,9,14H,5-8H2,1H3,(H,15,16). The second kappa shape index (κ2) is 5.51. The van der Waals surface area contributed by atoms with Gasteiger partial charge in [-0.15, -0.1) is 0 Å². The number of aliphatic carboxylic acids is 1. The summed E-state index contributed by atoms with van der Waals surface area (Å²) in [6, 6.07) is 6.36. The van der Waals surface area contributed by atoms with E-state index in [1.807, 2.05) is 0 Å². The molecule has 0 aromatic heterocycles. The van der Waals surface area contributed by atoms with E-state index in [1.165, 1.54) is 12.1 Å². The van der Waals surface area contributed by atoms with Gasteiger partial charge < -0.3 is 9.84 Å². The highest BCUT2D eigenvalue weighted by molar-refractivity contribution is 7.89. The van der Waals surface area contributed by atoms with Gasteiger partial charge in [-0.3, -0.25) is 4.79 Å². The van der Waals surface area contributed by atoms with Crippen LogP contribution in [0.25, 0.3) is 0 Å². The fourth-order valence-corrected chi connectivity index (χ4v) is 3.70. The van der Waals surface area contributed by atoms with Crippen LogP contribution >= 0.6 is 0 Å². The van der Waals surface area contributed by atoms with Crippen molar-refractivity contribution < 1.29 is 23.1 Å². The minimum atomic E-state index is -3.87. The minimum Gasteiger partial charge on any atom is -0.480 e. The van der Waals surface area contributed by atoms with Gasteiger partial charge in [-0.2, -0.15) is 4.72 Å². The summed E-state index contributed by atoms with van der Waals surface area (Å²) >= 11 is 0. The molecule has 1 fully saturated rings. The second-order valence-corrected chi connectivity index (χ2v) is 6.60. The van der Waals surface area contributed by atoms with Crippen molar-refractivity contribution in [3.05, 3.63) is 29.8 Å². The number of nitrogens with one attached hydrogen (secondary N) is 1. The molecule has 6 nitrogen and oxygen atoms in total. The van der Waals surface area contributed by atoms with E-state index in [-0.39, 0.29) is 31.0 Å². The molecule has 1 saturated heterocycles. The van der Waals surface area contributed by atoms with Gasteiger partial charge in [-0.25, -0.2) is 8.42 Å². The highest BCUT2D eigenvalue weighted by Gasteiger charge is 2.43. The summed E-state index contributed by atoms with van der Waals surface area (Å²) in [5.74, 6) is -1.17. The average Bonchev–Trinajstić information content (AvgIpc) is 2.39. The van der Waals surface area contributed by atoms with E-state index in [0.29, 0.717) is 0 Å². The molecule has 0 bridgehead atoms. The highest BCUT2D eigenvalue weighted by Crippen LogP contribution is 2.24. The van der Waals surface area contributed by atoms with Crippen LogP contribution in [0.5, 0.6) is 0 Å². The van der Waals surface area contributed by atoms with Gasteiger partial charge in [-0.05, 0) is 24.6 Å². The highest BCUT2D eigenvalue weighted by atomic mass is 32.2. The van der Waals surface area contributed by atoms with Crippen molar-refractivity contribution in [1.82, 2.24) is 4.72 Å². The third kappa shape index (κ3) is 3.00. The van der Waals surface area contributed by atoms with Crippen molar-refractivity contribution in [3.8, 4) is 0 Å². The van der Waals surface area contributed by atoms with Crippen molar-refractivity contribution >= 4 is 16.0 Å². The summed E-state index contributed by atoms with van der Waals surface area (Å²) in [6.07, 6.45) is 0.237. The number of benzene rings is 1. The van der Waals surface area contributed by atoms with Gasteiger partial charge in [0.05, 0.1) is 4.90 Å². The maximum atomic E-state index is 12.3. The lowest BCUT2D eigenvalue weighted by Crippen LogP contribution is -2.57.